The minimum absolute atomic E-state index is 0.726. The highest BCUT2D eigenvalue weighted by Crippen LogP contribution is 2.07. The molecule has 4 nitrogen and oxygen atoms in total. The van der Waals surface area contributed by atoms with Gasteiger partial charge in [0.05, 0.1) is 12.5 Å². The number of furan rings is 1. The van der Waals surface area contributed by atoms with Crippen molar-refractivity contribution in [2.24, 2.45) is 0 Å². The molecule has 0 aliphatic rings. The van der Waals surface area contributed by atoms with E-state index in [1.54, 1.807) is 12.5 Å². The minimum atomic E-state index is 0.726. The van der Waals surface area contributed by atoms with E-state index in [1.807, 2.05) is 18.3 Å². The van der Waals surface area contributed by atoms with Crippen molar-refractivity contribution in [2.45, 2.75) is 6.54 Å². The van der Waals surface area contributed by atoms with Crippen LogP contribution in [0.1, 0.15) is 5.56 Å². The molecule has 2 rings (SSSR count). The van der Waals surface area contributed by atoms with Crippen LogP contribution in [0, 0.1) is 0 Å². The maximum atomic E-state index is 5.09. The van der Waals surface area contributed by atoms with Gasteiger partial charge >= 0.3 is 0 Å². The van der Waals surface area contributed by atoms with Crippen LogP contribution < -0.4 is 5.32 Å². The number of aromatic nitrogens is 2. The van der Waals surface area contributed by atoms with Crippen LogP contribution >= 0.6 is 0 Å². The summed E-state index contributed by atoms with van der Waals surface area (Å²) >= 11 is 0. The summed E-state index contributed by atoms with van der Waals surface area (Å²) in [6.45, 7) is 0.726. The van der Waals surface area contributed by atoms with Crippen molar-refractivity contribution in [3.63, 3.8) is 0 Å². The average Bonchev–Trinajstić information content (AvgIpc) is 2.74. The van der Waals surface area contributed by atoms with E-state index >= 15 is 0 Å². The van der Waals surface area contributed by atoms with Crippen LogP contribution in [0.15, 0.2) is 35.2 Å². The van der Waals surface area contributed by atoms with E-state index in [0.717, 1.165) is 18.0 Å². The van der Waals surface area contributed by atoms with Gasteiger partial charge in [-0.05, 0) is 6.07 Å². The van der Waals surface area contributed by atoms with E-state index in [9.17, 15) is 0 Å². The molecule has 0 aliphatic heterocycles. The van der Waals surface area contributed by atoms with Crippen molar-refractivity contribution < 1.29 is 4.42 Å². The number of H-pyrrole nitrogens is 1. The lowest BCUT2D eigenvalue weighted by molar-refractivity contribution is 0.579. The Morgan fingerprint density at radius 1 is 1.58 bits per heavy atom. The predicted octanol–water partition coefficient (Wildman–Crippen LogP) is 1.61. The fourth-order valence-electron chi connectivity index (χ4n) is 0.943. The predicted molar refractivity (Wildman–Crippen MR) is 44.6 cm³/mol. The number of hydrogen-bond donors (Lipinski definition) is 2. The normalized spacial score (nSPS) is 10.0. The van der Waals surface area contributed by atoms with E-state index in [0.29, 0.717) is 0 Å². The molecule has 2 heterocycles. The monoisotopic (exact) mass is 163 g/mol. The van der Waals surface area contributed by atoms with E-state index in [-0.39, 0.29) is 0 Å². The number of hydrogen-bond acceptors (Lipinski definition) is 3. The Morgan fingerprint density at radius 2 is 2.58 bits per heavy atom. The van der Waals surface area contributed by atoms with Gasteiger partial charge in [-0.3, -0.25) is 5.10 Å². The summed E-state index contributed by atoms with van der Waals surface area (Å²) in [6, 6.07) is 3.72. The van der Waals surface area contributed by atoms with Crippen molar-refractivity contribution in [3.8, 4) is 0 Å². The molecule has 0 fully saturated rings. The van der Waals surface area contributed by atoms with Crippen LogP contribution in [-0.2, 0) is 6.54 Å². The topological polar surface area (TPSA) is 53.9 Å². The van der Waals surface area contributed by atoms with Gasteiger partial charge in [0, 0.05) is 24.4 Å². The second-order valence-electron chi connectivity index (χ2n) is 2.44. The SMILES string of the molecule is c1coc(NCc2cn[nH]c2)c1. The minimum Gasteiger partial charge on any atom is -0.449 e. The molecule has 0 bridgehead atoms. The maximum Gasteiger partial charge on any atom is 0.192 e. The summed E-state index contributed by atoms with van der Waals surface area (Å²) in [7, 11) is 0. The summed E-state index contributed by atoms with van der Waals surface area (Å²) < 4.78 is 5.09. The Hall–Kier alpha value is -1.71. The van der Waals surface area contributed by atoms with Gasteiger partial charge < -0.3 is 9.73 Å². The van der Waals surface area contributed by atoms with Gasteiger partial charge in [0.1, 0.15) is 0 Å². The molecular weight excluding hydrogens is 154 g/mol. The van der Waals surface area contributed by atoms with Gasteiger partial charge in [0.15, 0.2) is 5.88 Å². The molecule has 12 heavy (non-hydrogen) atoms. The van der Waals surface area contributed by atoms with Crippen molar-refractivity contribution in [2.75, 3.05) is 5.32 Å². The average molecular weight is 163 g/mol. The first kappa shape index (κ1) is 6.97. The largest absolute Gasteiger partial charge is 0.449 e. The summed E-state index contributed by atoms with van der Waals surface area (Å²) in [6.07, 6.45) is 5.25. The summed E-state index contributed by atoms with van der Waals surface area (Å²) in [5.41, 5.74) is 1.10. The first-order chi connectivity index (χ1) is 5.95. The molecule has 0 saturated carbocycles. The van der Waals surface area contributed by atoms with Crippen LogP contribution in [0.4, 0.5) is 5.88 Å². The molecule has 0 saturated heterocycles. The standard InChI is InChI=1S/C8H9N3O/c1-2-8(12-3-1)9-4-7-5-10-11-6-7/h1-3,5-6,9H,4H2,(H,10,11). The summed E-state index contributed by atoms with van der Waals surface area (Å²) in [5, 5.41) is 9.67. The van der Waals surface area contributed by atoms with Gasteiger partial charge in [0.25, 0.3) is 0 Å². The molecular formula is C8H9N3O. The Bertz CT molecular complexity index is 278. The Morgan fingerprint density at radius 3 is 3.25 bits per heavy atom. The second kappa shape index (κ2) is 3.13. The molecule has 2 aromatic rings. The Balaban J connectivity index is 1.91. The zero-order valence-corrected chi connectivity index (χ0v) is 6.45. The quantitative estimate of drug-likeness (QED) is 0.722. The molecule has 2 aromatic heterocycles. The molecule has 2 N–H and O–H groups in total. The van der Waals surface area contributed by atoms with Crippen LogP contribution in [0.5, 0.6) is 0 Å². The molecule has 0 aliphatic carbocycles. The van der Waals surface area contributed by atoms with Crippen LogP contribution in [0.3, 0.4) is 0 Å². The lowest BCUT2D eigenvalue weighted by Gasteiger charge is -1.97. The smallest absolute Gasteiger partial charge is 0.192 e. The first-order valence-corrected chi connectivity index (χ1v) is 3.70. The van der Waals surface area contributed by atoms with Gasteiger partial charge in [0.2, 0.25) is 0 Å². The molecule has 0 atom stereocenters. The van der Waals surface area contributed by atoms with E-state index in [4.69, 9.17) is 4.42 Å². The fraction of sp³-hybridized carbons (Fsp3) is 0.125. The van der Waals surface area contributed by atoms with Crippen molar-refractivity contribution in [3.05, 3.63) is 36.4 Å². The third-order valence-electron chi connectivity index (χ3n) is 1.54. The molecule has 0 aromatic carbocycles. The molecule has 0 radical (unpaired) electrons. The van der Waals surface area contributed by atoms with Crippen LogP contribution in [0.25, 0.3) is 0 Å². The maximum absolute atomic E-state index is 5.09. The molecule has 62 valence electrons. The number of aromatic amines is 1. The Kier molecular flexibility index (Phi) is 1.82. The van der Waals surface area contributed by atoms with Gasteiger partial charge in [-0.2, -0.15) is 5.10 Å². The zero-order chi connectivity index (χ0) is 8.23. The van der Waals surface area contributed by atoms with Gasteiger partial charge in [-0.1, -0.05) is 0 Å². The van der Waals surface area contributed by atoms with Gasteiger partial charge in [-0.25, -0.2) is 0 Å². The highest BCUT2D eigenvalue weighted by atomic mass is 16.3. The highest BCUT2D eigenvalue weighted by molar-refractivity contribution is 5.30. The third-order valence-corrected chi connectivity index (χ3v) is 1.54. The van der Waals surface area contributed by atoms with Crippen molar-refractivity contribution in [1.29, 1.82) is 0 Å². The third kappa shape index (κ3) is 1.47. The zero-order valence-electron chi connectivity index (χ0n) is 6.45. The molecule has 0 spiro atoms. The molecule has 0 amide bonds. The number of nitrogens with one attached hydrogen (secondary N) is 2. The number of rotatable bonds is 3. The second-order valence-corrected chi connectivity index (χ2v) is 2.44. The summed E-state index contributed by atoms with van der Waals surface area (Å²) in [4.78, 5) is 0. The lowest BCUT2D eigenvalue weighted by Crippen LogP contribution is -1.95. The summed E-state index contributed by atoms with van der Waals surface area (Å²) in [5.74, 6) is 0.774. The van der Waals surface area contributed by atoms with Gasteiger partial charge in [-0.15, -0.1) is 0 Å². The molecule has 4 heteroatoms. The van der Waals surface area contributed by atoms with Crippen molar-refractivity contribution >= 4 is 5.88 Å². The lowest BCUT2D eigenvalue weighted by atomic mass is 10.4. The fourth-order valence-corrected chi connectivity index (χ4v) is 0.943. The van der Waals surface area contributed by atoms with E-state index < -0.39 is 0 Å². The highest BCUT2D eigenvalue weighted by Gasteiger charge is 1.95. The van der Waals surface area contributed by atoms with Crippen LogP contribution in [0.2, 0.25) is 0 Å². The van der Waals surface area contributed by atoms with Crippen molar-refractivity contribution in [1.82, 2.24) is 10.2 Å². The van der Waals surface area contributed by atoms with E-state index in [2.05, 4.69) is 15.5 Å². The van der Waals surface area contributed by atoms with Crippen LogP contribution in [-0.4, -0.2) is 10.2 Å². The van der Waals surface area contributed by atoms with E-state index in [1.165, 1.54) is 0 Å². The number of anilines is 1. The number of nitrogens with zero attached hydrogens (tertiary/aromatic N) is 1. The Labute approximate surface area is 69.6 Å². The molecule has 0 unspecified atom stereocenters. The first-order valence-electron chi connectivity index (χ1n) is 3.70.